The fourth-order valence-corrected chi connectivity index (χ4v) is 2.70. The summed E-state index contributed by atoms with van der Waals surface area (Å²) in [7, 11) is 0. The molecule has 0 aromatic rings. The second-order valence-corrected chi connectivity index (χ2v) is 4.37. The van der Waals surface area contributed by atoms with Gasteiger partial charge in [0.2, 0.25) is 0 Å². The van der Waals surface area contributed by atoms with Gasteiger partial charge in [-0.15, -0.1) is 0 Å². The first kappa shape index (κ1) is 7.30. The molecule has 2 atom stereocenters. The number of nitrogens with zero attached hydrogens (tertiary/aromatic N) is 1. The quantitative estimate of drug-likeness (QED) is 0.538. The minimum atomic E-state index is 0.190. The lowest BCUT2D eigenvalue weighted by molar-refractivity contribution is -0.0881. The van der Waals surface area contributed by atoms with Crippen LogP contribution in [-0.2, 0) is 9.47 Å². The van der Waals surface area contributed by atoms with Crippen molar-refractivity contribution in [2.24, 2.45) is 0 Å². The summed E-state index contributed by atoms with van der Waals surface area (Å²) in [5.41, 5.74) is 0.190. The van der Waals surface area contributed by atoms with Crippen molar-refractivity contribution < 1.29 is 9.47 Å². The minimum Gasteiger partial charge on any atom is -0.361 e. The number of hydrogen-bond donors (Lipinski definition) is 0. The maximum atomic E-state index is 5.74. The highest BCUT2D eigenvalue weighted by Gasteiger charge is 2.54. The molecule has 0 aliphatic carbocycles. The van der Waals surface area contributed by atoms with E-state index in [9.17, 15) is 0 Å². The van der Waals surface area contributed by atoms with Gasteiger partial charge >= 0.3 is 0 Å². The highest BCUT2D eigenvalue weighted by atomic mass is 16.6. The molecule has 0 radical (unpaired) electrons. The molecular weight excluding hydrogens is 154 g/mol. The van der Waals surface area contributed by atoms with E-state index >= 15 is 0 Å². The van der Waals surface area contributed by atoms with Gasteiger partial charge < -0.3 is 9.47 Å². The van der Waals surface area contributed by atoms with Crippen LogP contribution in [0.3, 0.4) is 0 Å². The Kier molecular flexibility index (Phi) is 1.35. The Hall–Kier alpha value is -0.120. The highest BCUT2D eigenvalue weighted by Crippen LogP contribution is 2.41. The Balaban J connectivity index is 1.94. The number of ether oxygens (including phenoxy) is 2. The van der Waals surface area contributed by atoms with E-state index in [0.29, 0.717) is 12.5 Å². The highest BCUT2D eigenvalue weighted by molar-refractivity contribution is 5.00. The Bertz CT molecular complexity index is 191. The third-order valence-corrected chi connectivity index (χ3v) is 3.32. The van der Waals surface area contributed by atoms with Crippen LogP contribution in [0.5, 0.6) is 0 Å². The van der Waals surface area contributed by atoms with E-state index < -0.39 is 0 Å². The monoisotopic (exact) mass is 169 g/mol. The van der Waals surface area contributed by atoms with Gasteiger partial charge in [-0.1, -0.05) is 0 Å². The van der Waals surface area contributed by atoms with Crippen LogP contribution in [0.15, 0.2) is 0 Å². The summed E-state index contributed by atoms with van der Waals surface area (Å²) in [5, 5.41) is 0. The zero-order valence-electron chi connectivity index (χ0n) is 7.45. The van der Waals surface area contributed by atoms with Crippen LogP contribution < -0.4 is 0 Å². The van der Waals surface area contributed by atoms with Gasteiger partial charge in [-0.2, -0.15) is 0 Å². The lowest BCUT2D eigenvalue weighted by Crippen LogP contribution is -2.48. The van der Waals surface area contributed by atoms with Crippen molar-refractivity contribution in [1.29, 1.82) is 0 Å². The zero-order chi connectivity index (χ0) is 8.18. The second-order valence-electron chi connectivity index (χ2n) is 4.37. The van der Waals surface area contributed by atoms with Gasteiger partial charge in [-0.05, 0) is 26.2 Å². The number of rotatable bonds is 0. The molecule has 0 bridgehead atoms. The molecule has 3 fully saturated rings. The summed E-state index contributed by atoms with van der Waals surface area (Å²) in [6, 6.07) is 0. The van der Waals surface area contributed by atoms with Gasteiger partial charge in [-0.25, -0.2) is 4.90 Å². The third-order valence-electron chi connectivity index (χ3n) is 3.32. The van der Waals surface area contributed by atoms with Crippen LogP contribution in [0, 0.1) is 0 Å². The molecule has 12 heavy (non-hydrogen) atoms. The lowest BCUT2D eigenvalue weighted by Gasteiger charge is -2.35. The van der Waals surface area contributed by atoms with Crippen LogP contribution in [0.2, 0.25) is 0 Å². The van der Waals surface area contributed by atoms with Gasteiger partial charge in [0.1, 0.15) is 12.5 Å². The van der Waals surface area contributed by atoms with Crippen LogP contribution in [0.25, 0.3) is 0 Å². The average Bonchev–Trinajstić information content (AvgIpc) is 2.58. The first-order chi connectivity index (χ1) is 5.80. The Morgan fingerprint density at radius 2 is 1.75 bits per heavy atom. The molecule has 0 amide bonds. The molecule has 3 rings (SSSR count). The standard InChI is InChI=1S/C9H15NO2/c1-9-5-11-7-3-2-4-8(10(7)9)12-6-9/h7-8H,2-6H2,1H3. The molecule has 3 aliphatic rings. The number of hydrogen-bond acceptors (Lipinski definition) is 3. The molecule has 0 aromatic carbocycles. The Morgan fingerprint density at radius 3 is 2.33 bits per heavy atom. The normalized spacial score (nSPS) is 52.8. The molecule has 0 spiro atoms. The van der Waals surface area contributed by atoms with E-state index in [1.165, 1.54) is 19.3 Å². The van der Waals surface area contributed by atoms with Crippen LogP contribution in [-0.4, -0.2) is 36.1 Å². The first-order valence-corrected chi connectivity index (χ1v) is 4.81. The van der Waals surface area contributed by atoms with Crippen molar-refractivity contribution in [3.63, 3.8) is 0 Å². The first-order valence-electron chi connectivity index (χ1n) is 4.81. The van der Waals surface area contributed by atoms with Crippen molar-refractivity contribution in [3.05, 3.63) is 0 Å². The summed E-state index contributed by atoms with van der Waals surface area (Å²) < 4.78 is 11.5. The van der Waals surface area contributed by atoms with Crippen molar-refractivity contribution in [2.75, 3.05) is 13.2 Å². The summed E-state index contributed by atoms with van der Waals surface area (Å²) in [4.78, 5) is 2.44. The predicted octanol–water partition coefficient (Wildman–Crippen LogP) is 0.944. The molecule has 3 saturated heterocycles. The molecule has 68 valence electrons. The van der Waals surface area contributed by atoms with Gasteiger partial charge in [0.05, 0.1) is 18.8 Å². The summed E-state index contributed by atoms with van der Waals surface area (Å²) >= 11 is 0. The smallest absolute Gasteiger partial charge is 0.113 e. The van der Waals surface area contributed by atoms with E-state index in [0.717, 1.165) is 13.2 Å². The summed E-state index contributed by atoms with van der Waals surface area (Å²) in [6.45, 7) is 3.96. The Morgan fingerprint density at radius 1 is 1.17 bits per heavy atom. The molecule has 2 unspecified atom stereocenters. The maximum absolute atomic E-state index is 5.74. The molecular formula is C9H15NO2. The Labute approximate surface area is 72.6 Å². The van der Waals surface area contributed by atoms with Gasteiger partial charge in [0.25, 0.3) is 0 Å². The fraction of sp³-hybridized carbons (Fsp3) is 1.00. The van der Waals surface area contributed by atoms with Gasteiger partial charge in [0.15, 0.2) is 0 Å². The summed E-state index contributed by atoms with van der Waals surface area (Å²) in [6.07, 6.45) is 4.35. The van der Waals surface area contributed by atoms with Gasteiger partial charge in [-0.3, -0.25) is 0 Å². The topological polar surface area (TPSA) is 21.7 Å². The van der Waals surface area contributed by atoms with E-state index in [4.69, 9.17) is 9.47 Å². The van der Waals surface area contributed by atoms with Gasteiger partial charge in [0, 0.05) is 0 Å². The zero-order valence-corrected chi connectivity index (χ0v) is 7.45. The van der Waals surface area contributed by atoms with E-state index in [1.807, 2.05) is 0 Å². The summed E-state index contributed by atoms with van der Waals surface area (Å²) in [5.74, 6) is 0. The molecule has 0 saturated carbocycles. The molecule has 3 heteroatoms. The van der Waals surface area contributed by atoms with Crippen LogP contribution >= 0.6 is 0 Å². The average molecular weight is 169 g/mol. The van der Waals surface area contributed by atoms with Crippen LogP contribution in [0.4, 0.5) is 0 Å². The predicted molar refractivity (Wildman–Crippen MR) is 43.6 cm³/mol. The second kappa shape index (κ2) is 2.22. The van der Waals surface area contributed by atoms with E-state index in [1.54, 1.807) is 0 Å². The van der Waals surface area contributed by atoms with Crippen LogP contribution in [0.1, 0.15) is 26.2 Å². The molecule has 0 aromatic heterocycles. The lowest BCUT2D eigenvalue weighted by atomic mass is 10.0. The third kappa shape index (κ3) is 0.767. The molecule has 3 nitrogen and oxygen atoms in total. The van der Waals surface area contributed by atoms with E-state index in [2.05, 4.69) is 11.8 Å². The van der Waals surface area contributed by atoms with Crippen molar-refractivity contribution in [2.45, 2.75) is 44.2 Å². The minimum absolute atomic E-state index is 0.190. The molecule has 3 aliphatic heterocycles. The maximum Gasteiger partial charge on any atom is 0.113 e. The fourth-order valence-electron chi connectivity index (χ4n) is 2.70. The van der Waals surface area contributed by atoms with Crippen molar-refractivity contribution in [1.82, 2.24) is 4.90 Å². The number of piperidine rings is 1. The largest absolute Gasteiger partial charge is 0.361 e. The van der Waals surface area contributed by atoms with Crippen molar-refractivity contribution >= 4 is 0 Å². The van der Waals surface area contributed by atoms with Crippen molar-refractivity contribution in [3.8, 4) is 0 Å². The van der Waals surface area contributed by atoms with E-state index in [-0.39, 0.29) is 5.54 Å². The molecule has 3 heterocycles. The molecule has 0 N–H and O–H groups in total. The SMILES string of the molecule is CC12COC3CCCC(OC1)N32.